The second-order valence-electron chi connectivity index (χ2n) is 7.15. The Morgan fingerprint density at radius 2 is 2.25 bits per heavy atom. The van der Waals surface area contributed by atoms with E-state index in [0.717, 1.165) is 48.5 Å². The molecule has 0 radical (unpaired) electrons. The van der Waals surface area contributed by atoms with E-state index in [1.807, 2.05) is 27.0 Å². The van der Waals surface area contributed by atoms with Crippen molar-refractivity contribution in [3.8, 4) is 0 Å². The molecule has 1 N–H and O–H groups in total. The number of hydrogen-bond donors (Lipinski definition) is 1. The van der Waals surface area contributed by atoms with Crippen LogP contribution in [0.2, 0.25) is 0 Å². The molecule has 0 aliphatic carbocycles. The number of nitrogens with one attached hydrogen (secondary N) is 1. The van der Waals surface area contributed by atoms with Crippen molar-refractivity contribution in [1.29, 1.82) is 0 Å². The lowest BCUT2D eigenvalue weighted by Gasteiger charge is -2.34. The fourth-order valence-corrected chi connectivity index (χ4v) is 3.19. The molecule has 1 aromatic heterocycles. The first-order valence-corrected chi connectivity index (χ1v) is 9.31. The topological polar surface area (TPSA) is 67.4 Å². The van der Waals surface area contributed by atoms with Gasteiger partial charge in [0, 0.05) is 32.3 Å². The van der Waals surface area contributed by atoms with Gasteiger partial charge in [-0.25, -0.2) is 14.8 Å². The van der Waals surface area contributed by atoms with Crippen molar-refractivity contribution in [2.75, 3.05) is 24.5 Å². The number of aromatic nitrogens is 2. The van der Waals surface area contributed by atoms with Crippen LogP contribution in [-0.2, 0) is 11.2 Å². The first kappa shape index (κ1) is 19.0. The van der Waals surface area contributed by atoms with Gasteiger partial charge >= 0.3 is 6.09 Å². The van der Waals surface area contributed by atoms with Crippen molar-refractivity contribution in [2.45, 2.75) is 52.6 Å². The predicted molar refractivity (Wildman–Crippen MR) is 98.3 cm³/mol. The molecule has 0 spiro atoms. The van der Waals surface area contributed by atoms with Gasteiger partial charge in [0.25, 0.3) is 0 Å². The minimum Gasteiger partial charge on any atom is -0.444 e. The van der Waals surface area contributed by atoms with Crippen molar-refractivity contribution < 1.29 is 9.53 Å². The van der Waals surface area contributed by atoms with Gasteiger partial charge < -0.3 is 15.0 Å². The maximum absolute atomic E-state index is 11.8. The van der Waals surface area contributed by atoms with Gasteiger partial charge in [0.05, 0.1) is 4.47 Å². The number of carbonyl (C=O) groups excluding carboxylic acids is 1. The molecule has 134 valence electrons. The molecular weight excluding hydrogens is 372 g/mol. The minimum atomic E-state index is -0.467. The number of nitrogens with zero attached hydrogens (tertiary/aromatic N) is 3. The Hall–Kier alpha value is -1.37. The summed E-state index contributed by atoms with van der Waals surface area (Å²) >= 11 is 3.55. The molecule has 0 bridgehead atoms. The summed E-state index contributed by atoms with van der Waals surface area (Å²) in [5, 5.41) is 2.89. The van der Waals surface area contributed by atoms with E-state index in [0.29, 0.717) is 12.5 Å². The largest absolute Gasteiger partial charge is 0.444 e. The average molecular weight is 399 g/mol. The normalized spacial score (nSPS) is 18.4. The molecule has 0 saturated carbocycles. The van der Waals surface area contributed by atoms with Crippen LogP contribution in [0.15, 0.2) is 10.7 Å². The van der Waals surface area contributed by atoms with Gasteiger partial charge in [-0.15, -0.1) is 0 Å². The second kappa shape index (κ2) is 8.14. The zero-order valence-electron chi connectivity index (χ0n) is 14.9. The third-order valence-corrected chi connectivity index (χ3v) is 4.40. The number of halogens is 1. The highest BCUT2D eigenvalue weighted by atomic mass is 79.9. The molecule has 2 rings (SSSR count). The van der Waals surface area contributed by atoms with Crippen molar-refractivity contribution in [2.24, 2.45) is 5.92 Å². The van der Waals surface area contributed by atoms with Gasteiger partial charge in [-0.3, -0.25) is 0 Å². The zero-order valence-corrected chi connectivity index (χ0v) is 16.5. The SMILES string of the molecule is CCc1ncc(Br)c(N2CCCC(CNC(=O)OC(C)(C)C)C2)n1. The number of amides is 1. The van der Waals surface area contributed by atoms with Crippen LogP contribution in [0.1, 0.15) is 46.4 Å². The summed E-state index contributed by atoms with van der Waals surface area (Å²) in [7, 11) is 0. The molecule has 1 aromatic rings. The van der Waals surface area contributed by atoms with E-state index in [1.54, 1.807) is 0 Å². The van der Waals surface area contributed by atoms with Crippen LogP contribution in [0.5, 0.6) is 0 Å². The number of rotatable bonds is 4. The lowest BCUT2D eigenvalue weighted by molar-refractivity contribution is 0.0517. The number of anilines is 1. The van der Waals surface area contributed by atoms with Gasteiger partial charge in [-0.2, -0.15) is 0 Å². The van der Waals surface area contributed by atoms with Crippen LogP contribution in [-0.4, -0.2) is 41.3 Å². The molecule has 0 aromatic carbocycles. The summed E-state index contributed by atoms with van der Waals surface area (Å²) in [5.74, 6) is 2.18. The van der Waals surface area contributed by atoms with Gasteiger partial charge in [0.15, 0.2) is 0 Å². The molecule has 6 nitrogen and oxygen atoms in total. The van der Waals surface area contributed by atoms with Crippen LogP contribution in [0.4, 0.5) is 10.6 Å². The van der Waals surface area contributed by atoms with Crippen molar-refractivity contribution in [1.82, 2.24) is 15.3 Å². The van der Waals surface area contributed by atoms with Gasteiger partial charge in [0.1, 0.15) is 17.2 Å². The molecule has 1 aliphatic rings. The molecule has 1 amide bonds. The van der Waals surface area contributed by atoms with Crippen LogP contribution in [0, 0.1) is 5.92 Å². The standard InChI is InChI=1S/C17H27BrN4O2/c1-5-14-19-10-13(18)15(21-14)22-8-6-7-12(11-22)9-20-16(23)24-17(2,3)4/h10,12H,5-9,11H2,1-4H3,(H,20,23). The van der Waals surface area contributed by atoms with Crippen molar-refractivity contribution in [3.05, 3.63) is 16.5 Å². The highest BCUT2D eigenvalue weighted by Gasteiger charge is 2.24. The Morgan fingerprint density at radius 3 is 2.92 bits per heavy atom. The summed E-state index contributed by atoms with van der Waals surface area (Å²) in [6, 6.07) is 0. The van der Waals surface area contributed by atoms with E-state index in [-0.39, 0.29) is 6.09 Å². The summed E-state index contributed by atoms with van der Waals surface area (Å²) in [6.45, 7) is 10.1. The predicted octanol–water partition coefficient (Wildman–Crippen LogP) is 3.54. The van der Waals surface area contributed by atoms with Crippen LogP contribution >= 0.6 is 15.9 Å². The summed E-state index contributed by atoms with van der Waals surface area (Å²) < 4.78 is 6.21. The first-order chi connectivity index (χ1) is 11.3. The second-order valence-corrected chi connectivity index (χ2v) is 8.00. The molecule has 1 aliphatic heterocycles. The number of piperidine rings is 1. The summed E-state index contributed by atoms with van der Waals surface area (Å²) in [6.07, 6.45) is 4.46. The van der Waals surface area contributed by atoms with E-state index >= 15 is 0 Å². The maximum atomic E-state index is 11.8. The van der Waals surface area contributed by atoms with E-state index in [4.69, 9.17) is 4.74 Å². The summed E-state index contributed by atoms with van der Waals surface area (Å²) in [4.78, 5) is 23.0. The molecule has 1 unspecified atom stereocenters. The van der Waals surface area contributed by atoms with E-state index in [9.17, 15) is 4.79 Å². The Balaban J connectivity index is 1.93. The molecule has 1 saturated heterocycles. The summed E-state index contributed by atoms with van der Waals surface area (Å²) in [5.41, 5.74) is -0.467. The third kappa shape index (κ3) is 5.61. The molecule has 2 heterocycles. The Kier molecular flexibility index (Phi) is 6.43. The van der Waals surface area contributed by atoms with E-state index in [1.165, 1.54) is 0 Å². The van der Waals surface area contributed by atoms with Crippen LogP contribution in [0.25, 0.3) is 0 Å². The Morgan fingerprint density at radius 1 is 1.50 bits per heavy atom. The maximum Gasteiger partial charge on any atom is 0.407 e. The average Bonchev–Trinajstić information content (AvgIpc) is 2.52. The first-order valence-electron chi connectivity index (χ1n) is 8.51. The fraction of sp³-hybridized carbons (Fsp3) is 0.706. The molecular formula is C17H27BrN4O2. The Bertz CT molecular complexity index is 574. The van der Waals surface area contributed by atoms with Gasteiger partial charge in [-0.1, -0.05) is 6.92 Å². The number of alkyl carbamates (subject to hydrolysis) is 1. The van der Waals surface area contributed by atoms with Crippen LogP contribution < -0.4 is 10.2 Å². The third-order valence-electron chi connectivity index (χ3n) is 3.84. The quantitative estimate of drug-likeness (QED) is 0.839. The van der Waals surface area contributed by atoms with Crippen LogP contribution in [0.3, 0.4) is 0 Å². The van der Waals surface area contributed by atoms with Gasteiger partial charge in [0.2, 0.25) is 0 Å². The number of aryl methyl sites for hydroxylation is 1. The zero-order chi connectivity index (χ0) is 17.7. The van der Waals surface area contributed by atoms with Gasteiger partial charge in [-0.05, 0) is 55.5 Å². The smallest absolute Gasteiger partial charge is 0.407 e. The molecule has 1 atom stereocenters. The van der Waals surface area contributed by atoms with E-state index < -0.39 is 5.60 Å². The number of carbonyl (C=O) groups is 1. The number of hydrogen-bond acceptors (Lipinski definition) is 5. The monoisotopic (exact) mass is 398 g/mol. The van der Waals surface area contributed by atoms with Crippen molar-refractivity contribution in [3.63, 3.8) is 0 Å². The van der Waals surface area contributed by atoms with Crippen molar-refractivity contribution >= 4 is 27.8 Å². The fourth-order valence-electron chi connectivity index (χ4n) is 2.75. The lowest BCUT2D eigenvalue weighted by Crippen LogP contribution is -2.42. The lowest BCUT2D eigenvalue weighted by atomic mass is 9.98. The highest BCUT2D eigenvalue weighted by Crippen LogP contribution is 2.27. The Labute approximate surface area is 152 Å². The molecule has 24 heavy (non-hydrogen) atoms. The molecule has 1 fully saturated rings. The minimum absolute atomic E-state index is 0.351. The number of ether oxygens (including phenoxy) is 1. The molecule has 7 heteroatoms. The van der Waals surface area contributed by atoms with E-state index in [2.05, 4.69) is 43.0 Å². The highest BCUT2D eigenvalue weighted by molar-refractivity contribution is 9.10.